The van der Waals surface area contributed by atoms with Crippen molar-refractivity contribution in [3.63, 3.8) is 0 Å². The highest BCUT2D eigenvalue weighted by Gasteiger charge is 2.03. The zero-order valence-corrected chi connectivity index (χ0v) is 12.8. The van der Waals surface area contributed by atoms with E-state index < -0.39 is 10.4 Å². The average molecular weight is 296 g/mol. The van der Waals surface area contributed by atoms with E-state index in [1.807, 2.05) is 0 Å². The van der Waals surface area contributed by atoms with Gasteiger partial charge in [0, 0.05) is 12.1 Å². The Bertz CT molecular complexity index is 365. The van der Waals surface area contributed by atoms with Crippen molar-refractivity contribution in [3.8, 4) is 0 Å². The van der Waals surface area contributed by atoms with E-state index in [0.29, 0.717) is 12.0 Å². The lowest BCUT2D eigenvalue weighted by Crippen LogP contribution is -3.05. The van der Waals surface area contributed by atoms with E-state index in [1.165, 1.54) is 11.4 Å². The minimum Gasteiger partial charge on any atom is -0.726 e. The Balaban J connectivity index is 0. The zero-order valence-electron chi connectivity index (χ0n) is 12.0. The fraction of sp³-hybridized carbons (Fsp3) is 0.727. The van der Waals surface area contributed by atoms with Crippen LogP contribution in [-0.2, 0) is 19.4 Å². The van der Waals surface area contributed by atoms with Crippen molar-refractivity contribution in [3.05, 3.63) is 12.2 Å². The van der Waals surface area contributed by atoms with Gasteiger partial charge in [-0.15, -0.1) is 0 Å². The van der Waals surface area contributed by atoms with Crippen molar-refractivity contribution in [2.45, 2.75) is 20.3 Å². The normalized spacial score (nSPS) is 10.6. The summed E-state index contributed by atoms with van der Waals surface area (Å²) in [5.74, 6) is -0.376. The smallest absolute Gasteiger partial charge is 0.246 e. The van der Waals surface area contributed by atoms with Gasteiger partial charge >= 0.3 is 0 Å². The second-order valence-corrected chi connectivity index (χ2v) is 5.06. The molecule has 0 aliphatic carbocycles. The van der Waals surface area contributed by atoms with E-state index in [-0.39, 0.29) is 19.1 Å². The second-order valence-electron chi connectivity index (χ2n) is 4.00. The Hall–Kier alpha value is -0.960. The first-order chi connectivity index (χ1) is 8.64. The third kappa shape index (κ3) is 17.0. The summed E-state index contributed by atoms with van der Waals surface area (Å²) >= 11 is 0. The zero-order chi connectivity index (χ0) is 15.5. The van der Waals surface area contributed by atoms with Gasteiger partial charge < -0.3 is 14.8 Å². The molecule has 0 unspecified atom stereocenters. The summed E-state index contributed by atoms with van der Waals surface area (Å²) in [4.78, 5) is 12.5. The monoisotopic (exact) mass is 296 g/mol. The first-order valence-electron chi connectivity index (χ1n) is 5.99. The quantitative estimate of drug-likeness (QED) is 0.263. The molecule has 0 saturated heterocycles. The number of rotatable bonds is 7. The molecule has 0 saturated carbocycles. The summed E-state index contributed by atoms with van der Waals surface area (Å²) in [5.41, 5.74) is 0.384. The molecular formula is C11H24N2O5S. The Labute approximate surface area is 115 Å². The maximum atomic E-state index is 11.0. The summed E-state index contributed by atoms with van der Waals surface area (Å²) < 4.78 is 33.7. The molecule has 0 aromatic carbocycles. The molecule has 19 heavy (non-hydrogen) atoms. The summed E-state index contributed by atoms with van der Waals surface area (Å²) in [7, 11) is -0.394. The minimum atomic E-state index is -4.67. The number of hydrogen-bond acceptors (Lipinski definition) is 5. The van der Waals surface area contributed by atoms with Crippen LogP contribution < -0.4 is 10.2 Å². The lowest BCUT2D eigenvalue weighted by Gasteiger charge is -2.08. The maximum Gasteiger partial charge on any atom is 0.246 e. The number of carbonyl (C=O) groups excluding carboxylic acids is 1. The fourth-order valence-electron chi connectivity index (χ4n) is 0.594. The minimum absolute atomic E-state index is 0.0423. The molecule has 0 atom stereocenters. The van der Waals surface area contributed by atoms with Gasteiger partial charge in [-0.1, -0.05) is 13.5 Å². The van der Waals surface area contributed by atoms with Crippen molar-refractivity contribution >= 4 is 16.3 Å². The van der Waals surface area contributed by atoms with Gasteiger partial charge in [-0.25, -0.2) is 8.42 Å². The van der Waals surface area contributed by atoms with E-state index in [9.17, 15) is 17.8 Å². The van der Waals surface area contributed by atoms with Crippen LogP contribution in [0.15, 0.2) is 12.2 Å². The van der Waals surface area contributed by atoms with Crippen LogP contribution in [0.2, 0.25) is 0 Å². The van der Waals surface area contributed by atoms with Crippen molar-refractivity contribution in [2.24, 2.45) is 0 Å². The molecule has 1 amide bonds. The summed E-state index contributed by atoms with van der Waals surface area (Å²) in [6.07, 6.45) is 0.506. The number of nitrogens with one attached hydrogen (secondary N) is 2. The molecule has 0 aliphatic rings. The average Bonchev–Trinajstić information content (AvgIpc) is 2.32. The van der Waals surface area contributed by atoms with Crippen LogP contribution in [0.25, 0.3) is 0 Å². The Morgan fingerprint density at radius 2 is 1.84 bits per heavy atom. The van der Waals surface area contributed by atoms with Crippen LogP contribution in [0, 0.1) is 0 Å². The molecule has 0 aliphatic heterocycles. The predicted molar refractivity (Wildman–Crippen MR) is 71.4 cm³/mol. The maximum absolute atomic E-state index is 11.0. The van der Waals surface area contributed by atoms with Gasteiger partial charge in [0.05, 0.1) is 27.2 Å². The lowest BCUT2D eigenvalue weighted by atomic mass is 10.2. The van der Waals surface area contributed by atoms with Gasteiger partial charge in [0.2, 0.25) is 16.3 Å². The van der Waals surface area contributed by atoms with Gasteiger partial charge in [0.1, 0.15) is 0 Å². The van der Waals surface area contributed by atoms with Crippen molar-refractivity contribution < 1.29 is 26.8 Å². The number of quaternary nitrogens is 1. The van der Waals surface area contributed by atoms with Crippen LogP contribution >= 0.6 is 0 Å². The van der Waals surface area contributed by atoms with Gasteiger partial charge in [-0.05, 0) is 13.3 Å². The van der Waals surface area contributed by atoms with Crippen LogP contribution in [0.4, 0.5) is 0 Å². The highest BCUT2D eigenvalue weighted by atomic mass is 32.3. The molecule has 8 heteroatoms. The fourth-order valence-corrected chi connectivity index (χ4v) is 0.881. The van der Waals surface area contributed by atoms with E-state index in [2.05, 4.69) is 37.1 Å². The van der Waals surface area contributed by atoms with E-state index >= 15 is 0 Å². The highest BCUT2D eigenvalue weighted by Crippen LogP contribution is 1.94. The second kappa shape index (κ2) is 10.9. The van der Waals surface area contributed by atoms with Crippen molar-refractivity contribution in [2.75, 3.05) is 33.8 Å². The SMILES string of the molecule is C=C(CC)C(=O)NCCOS(=O)(=O)[O-].CC[NH+](C)C. The van der Waals surface area contributed by atoms with Crippen LogP contribution in [0.3, 0.4) is 0 Å². The van der Waals surface area contributed by atoms with Gasteiger partial charge in [-0.2, -0.15) is 0 Å². The molecule has 0 bridgehead atoms. The van der Waals surface area contributed by atoms with Gasteiger partial charge in [0.15, 0.2) is 0 Å². The molecular weight excluding hydrogens is 272 g/mol. The third-order valence-electron chi connectivity index (χ3n) is 2.07. The molecule has 0 spiro atoms. The van der Waals surface area contributed by atoms with Crippen molar-refractivity contribution in [1.29, 1.82) is 0 Å². The van der Waals surface area contributed by atoms with Gasteiger partial charge in [-0.3, -0.25) is 8.98 Å². The van der Waals surface area contributed by atoms with Gasteiger partial charge in [0.25, 0.3) is 0 Å². The molecule has 0 aromatic heterocycles. The summed E-state index contributed by atoms with van der Waals surface area (Å²) in [5, 5.41) is 2.34. The van der Waals surface area contributed by atoms with E-state index in [1.54, 1.807) is 6.92 Å². The molecule has 0 aromatic rings. The first kappa shape index (κ1) is 20.4. The largest absolute Gasteiger partial charge is 0.726 e. The van der Waals surface area contributed by atoms with Crippen LogP contribution in [0.5, 0.6) is 0 Å². The predicted octanol–water partition coefficient (Wildman–Crippen LogP) is -1.30. The van der Waals surface area contributed by atoms with Crippen molar-refractivity contribution in [1.82, 2.24) is 5.32 Å². The molecule has 114 valence electrons. The number of amides is 1. The summed E-state index contributed by atoms with van der Waals surface area (Å²) in [6.45, 7) is 8.21. The molecule has 0 rings (SSSR count). The Kier molecular flexibility index (Phi) is 11.7. The molecule has 0 heterocycles. The van der Waals surface area contributed by atoms with Crippen LogP contribution in [0.1, 0.15) is 20.3 Å². The molecule has 2 N–H and O–H groups in total. The first-order valence-corrected chi connectivity index (χ1v) is 7.32. The summed E-state index contributed by atoms with van der Waals surface area (Å²) in [6, 6.07) is 0. The Morgan fingerprint density at radius 1 is 1.37 bits per heavy atom. The molecule has 0 fully saturated rings. The Morgan fingerprint density at radius 3 is 2.16 bits per heavy atom. The number of carbonyl (C=O) groups is 1. The van der Waals surface area contributed by atoms with E-state index in [4.69, 9.17) is 0 Å². The standard InChI is InChI=1S/C7H13NO5S.C4H11N/c1-3-6(2)7(9)8-4-5-13-14(10,11)12;1-4-5(2)3/h2-5H2,1H3,(H,8,9)(H,10,11,12);4H2,1-3H3. The number of hydrogen-bond donors (Lipinski definition) is 2. The third-order valence-corrected chi connectivity index (χ3v) is 2.53. The van der Waals surface area contributed by atoms with E-state index in [0.717, 1.165) is 0 Å². The lowest BCUT2D eigenvalue weighted by molar-refractivity contribution is -0.856. The van der Waals surface area contributed by atoms with Crippen LogP contribution in [-0.4, -0.2) is 52.7 Å². The highest BCUT2D eigenvalue weighted by molar-refractivity contribution is 7.80. The topological polar surface area (TPSA) is 100.0 Å². The molecule has 7 nitrogen and oxygen atoms in total. The molecule has 0 radical (unpaired) electrons.